The van der Waals surface area contributed by atoms with Crippen LogP contribution in [0.25, 0.3) is 11.3 Å². The van der Waals surface area contributed by atoms with Gasteiger partial charge in [0.25, 0.3) is 0 Å². The van der Waals surface area contributed by atoms with Crippen LogP contribution >= 0.6 is 0 Å². The van der Waals surface area contributed by atoms with E-state index >= 15 is 0 Å². The standard InChI is InChI=1S/C12H12N4/c1-14-11(13)12-15-8-7-10(16-12)9-5-3-2-4-6-9/h2-8H,1H3,(H2,13,14). The van der Waals surface area contributed by atoms with Crippen molar-refractivity contribution in [3.05, 3.63) is 48.4 Å². The van der Waals surface area contributed by atoms with E-state index in [9.17, 15) is 0 Å². The number of nitrogens with zero attached hydrogens (tertiary/aromatic N) is 3. The second kappa shape index (κ2) is 4.53. The van der Waals surface area contributed by atoms with Crippen LogP contribution in [0.2, 0.25) is 0 Å². The fourth-order valence-electron chi connectivity index (χ4n) is 1.35. The Morgan fingerprint density at radius 1 is 1.19 bits per heavy atom. The molecule has 2 aromatic rings. The number of hydrogen-bond acceptors (Lipinski definition) is 3. The van der Waals surface area contributed by atoms with Crippen LogP contribution in [0.5, 0.6) is 0 Å². The average Bonchev–Trinajstić information content (AvgIpc) is 2.39. The van der Waals surface area contributed by atoms with Gasteiger partial charge in [0.2, 0.25) is 0 Å². The summed E-state index contributed by atoms with van der Waals surface area (Å²) in [5, 5.41) is 0. The van der Waals surface area contributed by atoms with E-state index in [1.54, 1.807) is 13.2 Å². The lowest BCUT2D eigenvalue weighted by Crippen LogP contribution is -2.16. The van der Waals surface area contributed by atoms with Gasteiger partial charge < -0.3 is 5.73 Å². The van der Waals surface area contributed by atoms with Gasteiger partial charge in [0.15, 0.2) is 11.7 Å². The maximum Gasteiger partial charge on any atom is 0.195 e. The first kappa shape index (κ1) is 10.3. The maximum absolute atomic E-state index is 5.67. The van der Waals surface area contributed by atoms with E-state index in [1.165, 1.54) is 0 Å². The Balaban J connectivity index is 2.44. The summed E-state index contributed by atoms with van der Waals surface area (Å²) in [6.07, 6.45) is 1.68. The zero-order valence-electron chi connectivity index (χ0n) is 8.96. The normalized spacial score (nSPS) is 11.4. The Hall–Kier alpha value is -2.23. The van der Waals surface area contributed by atoms with Gasteiger partial charge in [0.05, 0.1) is 5.69 Å². The zero-order valence-corrected chi connectivity index (χ0v) is 8.96. The molecule has 1 heterocycles. The molecule has 4 heteroatoms. The fraction of sp³-hybridized carbons (Fsp3) is 0.0833. The molecule has 0 bridgehead atoms. The minimum atomic E-state index is 0.345. The third kappa shape index (κ3) is 2.06. The molecule has 0 saturated carbocycles. The van der Waals surface area contributed by atoms with E-state index in [1.807, 2.05) is 36.4 Å². The first-order valence-electron chi connectivity index (χ1n) is 4.92. The summed E-state index contributed by atoms with van der Waals surface area (Å²) < 4.78 is 0. The van der Waals surface area contributed by atoms with Crippen molar-refractivity contribution >= 4 is 5.84 Å². The second-order valence-electron chi connectivity index (χ2n) is 3.24. The van der Waals surface area contributed by atoms with Crippen LogP contribution in [-0.2, 0) is 0 Å². The van der Waals surface area contributed by atoms with Gasteiger partial charge in [-0.15, -0.1) is 0 Å². The first-order valence-corrected chi connectivity index (χ1v) is 4.92. The topological polar surface area (TPSA) is 64.2 Å². The van der Waals surface area contributed by atoms with Crippen molar-refractivity contribution in [1.82, 2.24) is 9.97 Å². The highest BCUT2D eigenvalue weighted by Gasteiger charge is 2.03. The molecule has 0 atom stereocenters. The molecule has 80 valence electrons. The van der Waals surface area contributed by atoms with Gasteiger partial charge in [-0.1, -0.05) is 30.3 Å². The molecule has 0 aliphatic heterocycles. The molecule has 0 radical (unpaired) electrons. The molecule has 0 unspecified atom stereocenters. The molecule has 4 nitrogen and oxygen atoms in total. The molecule has 2 N–H and O–H groups in total. The zero-order chi connectivity index (χ0) is 11.4. The first-order chi connectivity index (χ1) is 7.81. The minimum absolute atomic E-state index is 0.345. The molecule has 0 aliphatic carbocycles. The Bertz CT molecular complexity index is 505. The van der Waals surface area contributed by atoms with Crippen molar-refractivity contribution in [3.63, 3.8) is 0 Å². The molecule has 0 spiro atoms. The van der Waals surface area contributed by atoms with Gasteiger partial charge in [-0.05, 0) is 6.07 Å². The summed E-state index contributed by atoms with van der Waals surface area (Å²) in [4.78, 5) is 12.3. The van der Waals surface area contributed by atoms with Crippen molar-refractivity contribution in [2.24, 2.45) is 10.7 Å². The van der Waals surface area contributed by atoms with Crippen LogP contribution < -0.4 is 5.73 Å². The van der Waals surface area contributed by atoms with Crippen molar-refractivity contribution < 1.29 is 0 Å². The van der Waals surface area contributed by atoms with Crippen LogP contribution in [0.4, 0.5) is 0 Å². The van der Waals surface area contributed by atoms with Gasteiger partial charge in [0, 0.05) is 18.8 Å². The van der Waals surface area contributed by atoms with Crippen molar-refractivity contribution in [3.8, 4) is 11.3 Å². The average molecular weight is 212 g/mol. The summed E-state index contributed by atoms with van der Waals surface area (Å²) in [7, 11) is 1.62. The van der Waals surface area contributed by atoms with E-state index in [0.29, 0.717) is 11.7 Å². The van der Waals surface area contributed by atoms with Gasteiger partial charge in [-0.25, -0.2) is 9.97 Å². The van der Waals surface area contributed by atoms with Crippen molar-refractivity contribution in [2.75, 3.05) is 7.05 Å². The number of aromatic nitrogens is 2. The van der Waals surface area contributed by atoms with Gasteiger partial charge >= 0.3 is 0 Å². The highest BCUT2D eigenvalue weighted by Crippen LogP contribution is 2.15. The molecule has 1 aromatic heterocycles. The minimum Gasteiger partial charge on any atom is -0.381 e. The maximum atomic E-state index is 5.67. The molecule has 16 heavy (non-hydrogen) atoms. The fourth-order valence-corrected chi connectivity index (χ4v) is 1.35. The monoisotopic (exact) mass is 212 g/mol. The van der Waals surface area contributed by atoms with E-state index in [0.717, 1.165) is 11.3 Å². The van der Waals surface area contributed by atoms with Gasteiger partial charge in [-0.2, -0.15) is 0 Å². The molecule has 2 rings (SSSR count). The van der Waals surface area contributed by atoms with Crippen LogP contribution in [0.1, 0.15) is 5.82 Å². The Kier molecular flexibility index (Phi) is 2.91. The van der Waals surface area contributed by atoms with Crippen LogP contribution in [0.15, 0.2) is 47.6 Å². The molecule has 0 amide bonds. The van der Waals surface area contributed by atoms with Crippen molar-refractivity contribution in [1.29, 1.82) is 0 Å². The highest BCUT2D eigenvalue weighted by atomic mass is 15.0. The van der Waals surface area contributed by atoms with E-state index in [4.69, 9.17) is 5.73 Å². The van der Waals surface area contributed by atoms with Crippen LogP contribution in [0.3, 0.4) is 0 Å². The largest absolute Gasteiger partial charge is 0.381 e. The Labute approximate surface area is 93.9 Å². The van der Waals surface area contributed by atoms with Crippen LogP contribution in [0, 0.1) is 0 Å². The molecular formula is C12H12N4. The number of amidine groups is 1. The van der Waals surface area contributed by atoms with E-state index in [2.05, 4.69) is 15.0 Å². The number of aliphatic imine (C=N–C) groups is 1. The van der Waals surface area contributed by atoms with Crippen LogP contribution in [-0.4, -0.2) is 22.9 Å². The summed E-state index contributed by atoms with van der Waals surface area (Å²) in [5.74, 6) is 0.807. The van der Waals surface area contributed by atoms with Gasteiger partial charge in [-0.3, -0.25) is 4.99 Å². The highest BCUT2D eigenvalue weighted by molar-refractivity contribution is 5.94. The quantitative estimate of drug-likeness (QED) is 0.605. The van der Waals surface area contributed by atoms with E-state index in [-0.39, 0.29) is 0 Å². The summed E-state index contributed by atoms with van der Waals surface area (Å²) in [5.41, 5.74) is 7.55. The van der Waals surface area contributed by atoms with Gasteiger partial charge in [0.1, 0.15) is 0 Å². The molecule has 1 aromatic carbocycles. The molecular weight excluding hydrogens is 200 g/mol. The smallest absolute Gasteiger partial charge is 0.195 e. The molecule has 0 aliphatic rings. The number of hydrogen-bond donors (Lipinski definition) is 1. The lowest BCUT2D eigenvalue weighted by atomic mass is 10.1. The third-order valence-electron chi connectivity index (χ3n) is 2.20. The van der Waals surface area contributed by atoms with E-state index < -0.39 is 0 Å². The SMILES string of the molecule is CN=C(N)c1nccc(-c2ccccc2)n1. The Morgan fingerprint density at radius 3 is 2.62 bits per heavy atom. The Morgan fingerprint density at radius 2 is 1.94 bits per heavy atom. The third-order valence-corrected chi connectivity index (χ3v) is 2.20. The molecule has 0 fully saturated rings. The lowest BCUT2D eigenvalue weighted by Gasteiger charge is -2.02. The lowest BCUT2D eigenvalue weighted by molar-refractivity contribution is 1.12. The summed E-state index contributed by atoms with van der Waals surface area (Å²) in [6.45, 7) is 0. The van der Waals surface area contributed by atoms with Crippen molar-refractivity contribution in [2.45, 2.75) is 0 Å². The predicted octanol–water partition coefficient (Wildman–Crippen LogP) is 1.48. The summed E-state index contributed by atoms with van der Waals surface area (Å²) in [6, 6.07) is 11.7. The summed E-state index contributed by atoms with van der Waals surface area (Å²) >= 11 is 0. The second-order valence-corrected chi connectivity index (χ2v) is 3.24. The molecule has 0 saturated heterocycles. The number of rotatable bonds is 2. The predicted molar refractivity (Wildman–Crippen MR) is 64.1 cm³/mol. The number of benzene rings is 1. The number of nitrogens with two attached hydrogens (primary N) is 1.